The van der Waals surface area contributed by atoms with Gasteiger partial charge in [0.1, 0.15) is 5.78 Å². The van der Waals surface area contributed by atoms with E-state index in [1.807, 2.05) is 0 Å². The lowest BCUT2D eigenvalue weighted by molar-refractivity contribution is -0.121. The van der Waals surface area contributed by atoms with Crippen molar-refractivity contribution in [1.29, 1.82) is 0 Å². The minimum Gasteiger partial charge on any atom is -0.300 e. The molecule has 4 fully saturated rings. The Labute approximate surface area is 162 Å². The highest BCUT2D eigenvalue weighted by Crippen LogP contribution is 2.69. The average molecular weight is 359 g/mol. The zero-order valence-corrected chi connectivity index (χ0v) is 18.0. The molecule has 8 atom stereocenters. The van der Waals surface area contributed by atoms with Gasteiger partial charge in [0.25, 0.3) is 0 Å². The number of carbonyl (C=O) groups excluding carboxylic acids is 1. The van der Waals surface area contributed by atoms with E-state index in [4.69, 9.17) is 0 Å². The van der Waals surface area contributed by atoms with Crippen molar-refractivity contribution >= 4 is 5.78 Å². The van der Waals surface area contributed by atoms with E-state index >= 15 is 0 Å². The number of ketones is 1. The lowest BCUT2D eigenvalue weighted by atomic mass is 9.65. The zero-order chi connectivity index (χ0) is 18.7. The van der Waals surface area contributed by atoms with Crippen molar-refractivity contribution in [2.45, 2.75) is 98.8 Å². The molecule has 4 bridgehead atoms. The topological polar surface area (TPSA) is 17.1 Å². The highest BCUT2D eigenvalue weighted by Gasteiger charge is 2.60. The minimum atomic E-state index is 0.492. The maximum atomic E-state index is 12.9. The van der Waals surface area contributed by atoms with Gasteiger partial charge in [-0.25, -0.2) is 0 Å². The van der Waals surface area contributed by atoms with Gasteiger partial charge < -0.3 is 0 Å². The first-order valence-electron chi connectivity index (χ1n) is 11.8. The predicted octanol–water partition coefficient (Wildman–Crippen LogP) is 6.90. The third-order valence-electron chi connectivity index (χ3n) is 10.7. The van der Waals surface area contributed by atoms with E-state index in [1.54, 1.807) is 0 Å². The molecular formula is C25H42O. The summed E-state index contributed by atoms with van der Waals surface area (Å²) in [5, 5.41) is 0. The Morgan fingerprint density at radius 2 is 1.73 bits per heavy atom. The van der Waals surface area contributed by atoms with Crippen LogP contribution in [0.15, 0.2) is 0 Å². The van der Waals surface area contributed by atoms with Gasteiger partial charge in [-0.3, -0.25) is 4.79 Å². The summed E-state index contributed by atoms with van der Waals surface area (Å²) in [6.07, 6.45) is 12.6. The SMILES string of the molecule is CCC1C2CC(CC(=O)CCC3CC4CCC3(C)C4(C)C)C(C2)C1CC. The van der Waals surface area contributed by atoms with Crippen LogP contribution in [0.25, 0.3) is 0 Å². The molecule has 26 heavy (non-hydrogen) atoms. The van der Waals surface area contributed by atoms with E-state index in [2.05, 4.69) is 34.6 Å². The summed E-state index contributed by atoms with van der Waals surface area (Å²) in [5.41, 5.74) is 0.987. The molecule has 4 aliphatic rings. The molecule has 4 saturated carbocycles. The molecule has 0 aromatic heterocycles. The first kappa shape index (κ1) is 19.0. The quantitative estimate of drug-likeness (QED) is 0.484. The second-order valence-corrected chi connectivity index (χ2v) is 11.4. The molecule has 8 unspecified atom stereocenters. The summed E-state index contributed by atoms with van der Waals surface area (Å²) < 4.78 is 0. The van der Waals surface area contributed by atoms with Crippen LogP contribution in [0.3, 0.4) is 0 Å². The minimum absolute atomic E-state index is 0.492. The van der Waals surface area contributed by atoms with Gasteiger partial charge in [0.05, 0.1) is 0 Å². The summed E-state index contributed by atoms with van der Waals surface area (Å²) in [5.74, 6) is 6.73. The third-order valence-corrected chi connectivity index (χ3v) is 10.7. The molecule has 0 heterocycles. The van der Waals surface area contributed by atoms with Crippen LogP contribution in [-0.4, -0.2) is 5.78 Å². The Balaban J connectivity index is 1.30. The van der Waals surface area contributed by atoms with Gasteiger partial charge in [0, 0.05) is 12.8 Å². The maximum absolute atomic E-state index is 12.9. The van der Waals surface area contributed by atoms with Crippen molar-refractivity contribution in [2.75, 3.05) is 0 Å². The van der Waals surface area contributed by atoms with Crippen molar-refractivity contribution in [3.05, 3.63) is 0 Å². The molecule has 0 aromatic rings. The molecule has 0 saturated heterocycles. The molecular weight excluding hydrogens is 316 g/mol. The van der Waals surface area contributed by atoms with Crippen LogP contribution >= 0.6 is 0 Å². The van der Waals surface area contributed by atoms with Gasteiger partial charge in [-0.05, 0) is 90.8 Å². The molecule has 0 aliphatic heterocycles. The number of rotatable bonds is 7. The Hall–Kier alpha value is -0.330. The second-order valence-electron chi connectivity index (χ2n) is 11.4. The zero-order valence-electron chi connectivity index (χ0n) is 18.0. The molecule has 4 aliphatic carbocycles. The van der Waals surface area contributed by atoms with Crippen LogP contribution in [0.5, 0.6) is 0 Å². The first-order chi connectivity index (χ1) is 12.3. The molecule has 0 amide bonds. The maximum Gasteiger partial charge on any atom is 0.133 e. The van der Waals surface area contributed by atoms with E-state index in [-0.39, 0.29) is 0 Å². The van der Waals surface area contributed by atoms with Crippen LogP contribution < -0.4 is 0 Å². The summed E-state index contributed by atoms with van der Waals surface area (Å²) in [6, 6.07) is 0. The molecule has 0 N–H and O–H groups in total. The van der Waals surface area contributed by atoms with Gasteiger partial charge in [0.2, 0.25) is 0 Å². The summed E-state index contributed by atoms with van der Waals surface area (Å²) >= 11 is 0. The van der Waals surface area contributed by atoms with Gasteiger partial charge in [0.15, 0.2) is 0 Å². The van der Waals surface area contributed by atoms with E-state index in [0.717, 1.165) is 54.3 Å². The van der Waals surface area contributed by atoms with Crippen molar-refractivity contribution in [2.24, 2.45) is 52.3 Å². The highest BCUT2D eigenvalue weighted by atomic mass is 16.1. The monoisotopic (exact) mass is 358 g/mol. The summed E-state index contributed by atoms with van der Waals surface area (Å²) in [6.45, 7) is 12.3. The van der Waals surface area contributed by atoms with Gasteiger partial charge in [-0.1, -0.05) is 47.5 Å². The molecule has 1 nitrogen and oxygen atoms in total. The number of Topliss-reactive ketones (excluding diaryl/α,β-unsaturated/α-hetero) is 1. The fourth-order valence-electron chi connectivity index (χ4n) is 8.76. The lowest BCUT2D eigenvalue weighted by Gasteiger charge is -2.39. The Morgan fingerprint density at radius 3 is 2.31 bits per heavy atom. The number of fused-ring (bicyclic) bond motifs is 4. The van der Waals surface area contributed by atoms with Crippen molar-refractivity contribution in [1.82, 2.24) is 0 Å². The van der Waals surface area contributed by atoms with Crippen LogP contribution in [-0.2, 0) is 4.79 Å². The van der Waals surface area contributed by atoms with E-state index in [9.17, 15) is 4.79 Å². The normalized spacial score (nSPS) is 48.4. The molecule has 0 aromatic carbocycles. The molecule has 148 valence electrons. The van der Waals surface area contributed by atoms with Crippen molar-refractivity contribution in [3.8, 4) is 0 Å². The summed E-state index contributed by atoms with van der Waals surface area (Å²) in [4.78, 5) is 12.9. The Kier molecular flexibility index (Phi) is 4.84. The first-order valence-corrected chi connectivity index (χ1v) is 11.8. The largest absolute Gasteiger partial charge is 0.300 e. The van der Waals surface area contributed by atoms with Gasteiger partial charge in [-0.15, -0.1) is 0 Å². The fraction of sp³-hybridized carbons (Fsp3) is 0.960. The van der Waals surface area contributed by atoms with E-state index in [1.165, 1.54) is 51.4 Å². The lowest BCUT2D eigenvalue weighted by Crippen LogP contribution is -2.32. The fourth-order valence-corrected chi connectivity index (χ4v) is 8.76. The van der Waals surface area contributed by atoms with Crippen LogP contribution in [0.1, 0.15) is 98.8 Å². The van der Waals surface area contributed by atoms with Crippen LogP contribution in [0, 0.1) is 52.3 Å². The Morgan fingerprint density at radius 1 is 1.00 bits per heavy atom. The molecule has 0 spiro atoms. The van der Waals surface area contributed by atoms with Crippen LogP contribution in [0.4, 0.5) is 0 Å². The smallest absolute Gasteiger partial charge is 0.133 e. The predicted molar refractivity (Wildman–Crippen MR) is 109 cm³/mol. The number of carbonyl (C=O) groups is 1. The highest BCUT2D eigenvalue weighted by molar-refractivity contribution is 5.78. The van der Waals surface area contributed by atoms with Gasteiger partial charge in [-0.2, -0.15) is 0 Å². The van der Waals surface area contributed by atoms with Crippen molar-refractivity contribution in [3.63, 3.8) is 0 Å². The summed E-state index contributed by atoms with van der Waals surface area (Å²) in [7, 11) is 0. The van der Waals surface area contributed by atoms with E-state index < -0.39 is 0 Å². The van der Waals surface area contributed by atoms with Gasteiger partial charge >= 0.3 is 0 Å². The number of hydrogen-bond acceptors (Lipinski definition) is 1. The van der Waals surface area contributed by atoms with Crippen LogP contribution in [0.2, 0.25) is 0 Å². The van der Waals surface area contributed by atoms with E-state index in [0.29, 0.717) is 16.6 Å². The molecule has 0 radical (unpaired) electrons. The second kappa shape index (κ2) is 6.63. The molecule has 4 rings (SSSR count). The average Bonchev–Trinajstić information content (AvgIpc) is 3.27. The van der Waals surface area contributed by atoms with Crippen molar-refractivity contribution < 1.29 is 4.79 Å². The molecule has 1 heteroatoms. The standard InChI is InChI=1S/C25H42O/c1-6-21-17-12-16(23(14-17)22(21)7-2)13-20(26)9-8-19-15-18-10-11-25(19,5)24(18,3)4/h16-19,21-23H,6-15H2,1-5H3. The number of hydrogen-bond donors (Lipinski definition) is 0. The third kappa shape index (κ3) is 2.66. The Bertz CT molecular complexity index is 548.